The van der Waals surface area contributed by atoms with E-state index in [1.807, 2.05) is 0 Å². The first-order chi connectivity index (χ1) is 20.6. The zero-order valence-corrected chi connectivity index (χ0v) is 27.9. The molecule has 0 fully saturated rings. The van der Waals surface area contributed by atoms with Crippen LogP contribution >= 0.6 is 0 Å². The van der Waals surface area contributed by atoms with Crippen molar-refractivity contribution in [3.63, 3.8) is 0 Å². The maximum absolute atomic E-state index is 12.6. The smallest absolute Gasteiger partial charge is 0.860 e. The average molecular weight is 1100 g/mol. The average Bonchev–Trinajstić information content (AvgIpc) is 2.98. The van der Waals surface area contributed by atoms with E-state index in [1.165, 1.54) is 0 Å². The number of rotatable bonds is 6. The Kier molecular flexibility index (Phi) is 19.6. The van der Waals surface area contributed by atoms with Crippen LogP contribution in [0.5, 0.6) is 17.2 Å². The van der Waals surface area contributed by atoms with Crippen LogP contribution < -0.4 is 44.1 Å². The molecule has 250 valence electrons. The largest absolute Gasteiger partial charge is 3.00 e. The molecule has 0 bridgehead atoms. The van der Waals surface area contributed by atoms with Crippen molar-refractivity contribution in [2.75, 3.05) is 0 Å². The molecule has 29 heteroatoms. The molecule has 0 aliphatic rings. The molecule has 0 saturated carbocycles. The second-order valence-corrected chi connectivity index (χ2v) is 6.92. The summed E-state index contributed by atoms with van der Waals surface area (Å²) in [6.07, 6.45) is 0. The van der Waals surface area contributed by atoms with Crippen molar-refractivity contribution < 1.29 is 110 Å². The second kappa shape index (κ2) is 19.7. The van der Waals surface area contributed by atoms with Crippen molar-refractivity contribution in [1.29, 1.82) is 0 Å². The van der Waals surface area contributed by atoms with Crippen LogP contribution in [0.3, 0.4) is 0 Å². The van der Waals surface area contributed by atoms with E-state index in [9.17, 15) is 96.0 Å². The van der Waals surface area contributed by atoms with Crippen LogP contribution in [0.2, 0.25) is 0 Å². The summed E-state index contributed by atoms with van der Waals surface area (Å²) in [6, 6.07) is 0. The molecule has 0 saturated heterocycles. The molecule has 0 amide bonds. The van der Waals surface area contributed by atoms with Crippen LogP contribution in [-0.2, 0) is 0 Å². The standard InChI is InChI=1S/3C6BF5O3.2Bi/c3*8-1-2(9)4(11)6(15-7(13)14)5(12)3(1)10;;/q3*-2;2*+3. The summed E-state index contributed by atoms with van der Waals surface area (Å²) < 4.78 is 198. The van der Waals surface area contributed by atoms with Gasteiger partial charge in [0.1, 0.15) is 22.0 Å². The Morgan fingerprint density at radius 1 is 0.255 bits per heavy atom. The summed E-state index contributed by atoms with van der Waals surface area (Å²) in [5.41, 5.74) is 0. The van der Waals surface area contributed by atoms with Gasteiger partial charge in [0.2, 0.25) is 87.3 Å². The molecule has 0 aliphatic carbocycles. The van der Waals surface area contributed by atoms with Crippen molar-refractivity contribution in [2.45, 2.75) is 0 Å². The maximum Gasteiger partial charge on any atom is 3.00 e. The number of halogens is 15. The first-order valence-electron chi connectivity index (χ1n) is 10.1. The Hall–Kier alpha value is -2.27. The Morgan fingerprint density at radius 2 is 0.362 bits per heavy atom. The van der Waals surface area contributed by atoms with Gasteiger partial charge in [-0.3, -0.25) is 0 Å². The van der Waals surface area contributed by atoms with Gasteiger partial charge < -0.3 is 44.1 Å². The van der Waals surface area contributed by atoms with Crippen molar-refractivity contribution >= 4 is 74.4 Å². The third kappa shape index (κ3) is 11.4. The first-order valence-corrected chi connectivity index (χ1v) is 10.1. The molecule has 0 heterocycles. The summed E-state index contributed by atoms with van der Waals surface area (Å²) in [6.45, 7) is 0. The summed E-state index contributed by atoms with van der Waals surface area (Å²) >= 11 is 0. The molecule has 0 unspecified atom stereocenters. The summed E-state index contributed by atoms with van der Waals surface area (Å²) in [5.74, 6) is -40.7. The number of hydrogen-bond donors (Lipinski definition) is 0. The van der Waals surface area contributed by atoms with Crippen LogP contribution in [0.25, 0.3) is 0 Å². The van der Waals surface area contributed by atoms with Gasteiger partial charge in [0.15, 0.2) is 17.2 Å². The molecule has 0 spiro atoms. The van der Waals surface area contributed by atoms with E-state index in [4.69, 9.17) is 0 Å². The minimum Gasteiger partial charge on any atom is -0.860 e. The molecule has 0 atom stereocenters. The minimum absolute atomic E-state index is 0. The van der Waals surface area contributed by atoms with Gasteiger partial charge in [0, 0.05) is 0 Å². The normalized spacial score (nSPS) is 9.89. The predicted molar refractivity (Wildman–Crippen MR) is 109 cm³/mol. The topological polar surface area (TPSA) is 166 Å². The van der Waals surface area contributed by atoms with E-state index in [0.717, 1.165) is 0 Å². The van der Waals surface area contributed by atoms with Gasteiger partial charge in [-0.1, -0.05) is 0 Å². The quantitative estimate of drug-likeness (QED) is 0.114. The first kappa shape index (κ1) is 46.8. The molecule has 4 radical (unpaired) electrons. The maximum atomic E-state index is 12.6. The van der Waals surface area contributed by atoms with E-state index < -0.39 is 126 Å². The van der Waals surface area contributed by atoms with Crippen molar-refractivity contribution in [3.05, 3.63) is 87.3 Å². The van der Waals surface area contributed by atoms with Gasteiger partial charge in [0.05, 0.1) is 0 Å². The van der Waals surface area contributed by atoms with Crippen LogP contribution in [0.1, 0.15) is 0 Å². The van der Waals surface area contributed by atoms with E-state index in [1.54, 1.807) is 0 Å². The number of benzene rings is 3. The minimum atomic E-state index is -3.20. The van der Waals surface area contributed by atoms with Gasteiger partial charge in [0.25, 0.3) is 0 Å². The predicted octanol–water partition coefficient (Wildman–Crippen LogP) is -2.36. The summed E-state index contributed by atoms with van der Waals surface area (Å²) in [5, 5.41) is 59.2. The van der Waals surface area contributed by atoms with Crippen molar-refractivity contribution in [1.82, 2.24) is 0 Å². The molecule has 3 rings (SSSR count). The monoisotopic (exact) mass is 1100 g/mol. The molecule has 9 nitrogen and oxygen atoms in total. The van der Waals surface area contributed by atoms with E-state index in [0.29, 0.717) is 0 Å². The zero-order chi connectivity index (χ0) is 35.2. The van der Waals surface area contributed by atoms with Crippen molar-refractivity contribution in [2.24, 2.45) is 0 Å². The van der Waals surface area contributed by atoms with Crippen LogP contribution in [0.4, 0.5) is 65.9 Å². The summed E-state index contributed by atoms with van der Waals surface area (Å²) in [4.78, 5) is 0. The fourth-order valence-electron chi connectivity index (χ4n) is 2.35. The van der Waals surface area contributed by atoms with E-state index in [2.05, 4.69) is 14.0 Å². The fraction of sp³-hybridized carbons (Fsp3) is 0. The van der Waals surface area contributed by atoms with Crippen LogP contribution in [-0.4, -0.2) is 74.4 Å². The molecule has 0 aliphatic heterocycles. The molecular formula is C18B3Bi2F15O9. The third-order valence-electron chi connectivity index (χ3n) is 4.15. The van der Waals surface area contributed by atoms with Gasteiger partial charge in [-0.25, -0.2) is 39.5 Å². The molecular weight excluding hydrogens is 1100 g/mol. The Labute approximate surface area is 287 Å². The molecule has 3 aromatic rings. The van der Waals surface area contributed by atoms with Crippen LogP contribution in [0.15, 0.2) is 0 Å². The Bertz CT molecular complexity index is 1290. The van der Waals surface area contributed by atoms with Gasteiger partial charge >= 0.3 is 52.4 Å². The zero-order valence-electron chi connectivity index (χ0n) is 21.0. The number of hydrogen-bond acceptors (Lipinski definition) is 9. The molecule has 3 aromatic carbocycles. The van der Waals surface area contributed by atoms with Gasteiger partial charge in [-0.05, 0) is 0 Å². The Balaban J connectivity index is 0. The summed E-state index contributed by atoms with van der Waals surface area (Å²) in [7, 11) is -9.59. The van der Waals surface area contributed by atoms with Crippen LogP contribution in [0, 0.1) is 87.3 Å². The second-order valence-electron chi connectivity index (χ2n) is 6.92. The third-order valence-corrected chi connectivity index (χ3v) is 4.15. The van der Waals surface area contributed by atoms with E-state index >= 15 is 0 Å². The SMILES string of the molecule is [Bi+3].[Bi+3].[O-]B([O-])Oc1c(F)c(F)c(F)c(F)c1F.[O-]B([O-])Oc1c(F)c(F)c(F)c(F)c1F.[O-]B([O-])Oc1c(F)c(F)c(F)c(F)c1F. The van der Waals surface area contributed by atoms with Crippen molar-refractivity contribution in [3.8, 4) is 17.2 Å². The Morgan fingerprint density at radius 3 is 0.468 bits per heavy atom. The molecule has 0 N–H and O–H groups in total. The van der Waals surface area contributed by atoms with Gasteiger partial charge in [-0.15, -0.1) is 0 Å². The fourth-order valence-corrected chi connectivity index (χ4v) is 2.35. The van der Waals surface area contributed by atoms with Gasteiger partial charge in [-0.2, -0.15) is 26.3 Å². The molecule has 47 heavy (non-hydrogen) atoms. The molecule has 0 aromatic heterocycles. The van der Waals surface area contributed by atoms with E-state index in [-0.39, 0.29) is 52.4 Å².